The second-order valence-electron chi connectivity index (χ2n) is 8.53. The van der Waals surface area contributed by atoms with E-state index >= 15 is 0 Å². The lowest BCUT2D eigenvalue weighted by Gasteiger charge is -2.27. The number of carboxylic acids is 1. The molecule has 5 unspecified atom stereocenters. The molecule has 0 fully saturated rings. The first kappa shape index (κ1) is 30.7. The maximum absolute atomic E-state index is 12.9. The van der Waals surface area contributed by atoms with Gasteiger partial charge in [0, 0.05) is 0 Å². The number of hydrogen-bond donors (Lipinski definition) is 8. The number of carbonyl (C=O) groups excluding carboxylic acids is 3. The smallest absolute Gasteiger partial charge is 0.326 e. The number of unbranched alkanes of at least 4 members (excludes halogenated alkanes) is 2. The molecule has 0 heterocycles. The van der Waals surface area contributed by atoms with Gasteiger partial charge in [0.2, 0.25) is 17.7 Å². The molecular weight excluding hydrogens is 432 g/mol. The first-order valence-electron chi connectivity index (χ1n) is 11.4. The summed E-state index contributed by atoms with van der Waals surface area (Å²) < 4.78 is 0. The van der Waals surface area contributed by atoms with E-state index in [0.717, 1.165) is 0 Å². The van der Waals surface area contributed by atoms with E-state index in [4.69, 9.17) is 17.2 Å². The van der Waals surface area contributed by atoms with Crippen molar-refractivity contribution >= 4 is 23.7 Å². The predicted octanol–water partition coefficient (Wildman–Crippen LogP) is -1.85. The Morgan fingerprint density at radius 3 is 1.67 bits per heavy atom. The van der Waals surface area contributed by atoms with Gasteiger partial charge in [-0.3, -0.25) is 14.4 Å². The standard InChI is InChI=1S/C21H42N6O6/c1-12(2)16(24)19(30)25-14(8-4-6-10-22)18(29)27-17(13(3)28)20(31)26-15(21(32)33)9-5-7-11-23/h12-17,28H,4-11,22-24H2,1-3H3,(H,25,30)(H,26,31)(H,27,29)(H,32,33). The topological polar surface area (TPSA) is 223 Å². The van der Waals surface area contributed by atoms with Gasteiger partial charge in [0.1, 0.15) is 18.1 Å². The van der Waals surface area contributed by atoms with E-state index in [0.29, 0.717) is 38.8 Å². The quantitative estimate of drug-likeness (QED) is 0.111. The number of hydrogen-bond acceptors (Lipinski definition) is 8. The molecule has 0 rings (SSSR count). The van der Waals surface area contributed by atoms with Crippen molar-refractivity contribution in [2.45, 2.75) is 89.6 Å². The number of rotatable bonds is 17. The Bertz CT molecular complexity index is 630. The van der Waals surface area contributed by atoms with E-state index < -0.39 is 54.0 Å². The fourth-order valence-electron chi connectivity index (χ4n) is 3.00. The third kappa shape index (κ3) is 11.9. The predicted molar refractivity (Wildman–Crippen MR) is 124 cm³/mol. The number of nitrogens with one attached hydrogen (secondary N) is 3. The average molecular weight is 475 g/mol. The maximum atomic E-state index is 12.9. The van der Waals surface area contributed by atoms with E-state index in [1.165, 1.54) is 6.92 Å². The Labute approximate surface area is 195 Å². The zero-order valence-corrected chi connectivity index (χ0v) is 19.9. The van der Waals surface area contributed by atoms with Crippen molar-refractivity contribution in [2.75, 3.05) is 13.1 Å². The highest BCUT2D eigenvalue weighted by Gasteiger charge is 2.32. The normalized spacial score (nSPS) is 15.8. The molecule has 0 aromatic rings. The van der Waals surface area contributed by atoms with Gasteiger partial charge >= 0.3 is 5.97 Å². The third-order valence-corrected chi connectivity index (χ3v) is 5.23. The fraction of sp³-hybridized carbons (Fsp3) is 0.810. The summed E-state index contributed by atoms with van der Waals surface area (Å²) in [7, 11) is 0. The second kappa shape index (κ2) is 16.4. The Kier molecular flexibility index (Phi) is 15.2. The molecule has 0 aromatic heterocycles. The molecule has 0 aliphatic heterocycles. The minimum absolute atomic E-state index is 0.152. The highest BCUT2D eigenvalue weighted by Crippen LogP contribution is 2.07. The second-order valence-corrected chi connectivity index (χ2v) is 8.53. The van der Waals surface area contributed by atoms with Gasteiger partial charge in [-0.2, -0.15) is 0 Å². The van der Waals surface area contributed by atoms with Crippen LogP contribution < -0.4 is 33.2 Å². The summed E-state index contributed by atoms with van der Waals surface area (Å²) in [5, 5.41) is 26.8. The van der Waals surface area contributed by atoms with Crippen LogP contribution in [0.5, 0.6) is 0 Å². The van der Waals surface area contributed by atoms with Gasteiger partial charge in [-0.15, -0.1) is 0 Å². The molecule has 192 valence electrons. The summed E-state index contributed by atoms with van der Waals surface area (Å²) in [6.45, 7) is 5.64. The first-order valence-corrected chi connectivity index (χ1v) is 11.4. The Balaban J connectivity index is 5.36. The number of amides is 3. The number of aliphatic carboxylic acids is 1. The van der Waals surface area contributed by atoms with Crippen molar-refractivity contribution in [2.24, 2.45) is 23.1 Å². The monoisotopic (exact) mass is 474 g/mol. The van der Waals surface area contributed by atoms with Crippen LogP contribution in [0.25, 0.3) is 0 Å². The minimum atomic E-state index is -1.42. The summed E-state index contributed by atoms with van der Waals surface area (Å²) in [5.41, 5.74) is 16.8. The number of carbonyl (C=O) groups is 4. The van der Waals surface area contributed by atoms with Gasteiger partial charge in [-0.05, 0) is 64.5 Å². The Morgan fingerprint density at radius 2 is 1.24 bits per heavy atom. The lowest BCUT2D eigenvalue weighted by atomic mass is 10.0. The number of nitrogens with two attached hydrogens (primary N) is 3. The summed E-state index contributed by atoms with van der Waals surface area (Å²) in [5.74, 6) is -3.43. The van der Waals surface area contributed by atoms with Gasteiger partial charge in [0.05, 0.1) is 12.1 Å². The Morgan fingerprint density at radius 1 is 0.758 bits per heavy atom. The van der Waals surface area contributed by atoms with Crippen LogP contribution in [0.2, 0.25) is 0 Å². The number of aliphatic hydroxyl groups excluding tert-OH is 1. The van der Waals surface area contributed by atoms with Crippen LogP contribution in [0.1, 0.15) is 59.3 Å². The largest absolute Gasteiger partial charge is 0.480 e. The summed E-state index contributed by atoms with van der Waals surface area (Å²) in [4.78, 5) is 49.4. The molecule has 0 aliphatic carbocycles. The van der Waals surface area contributed by atoms with E-state index in [-0.39, 0.29) is 18.8 Å². The molecule has 12 heteroatoms. The third-order valence-electron chi connectivity index (χ3n) is 5.23. The van der Waals surface area contributed by atoms with E-state index in [1.807, 2.05) is 0 Å². The molecule has 5 atom stereocenters. The summed E-state index contributed by atoms with van der Waals surface area (Å²) >= 11 is 0. The highest BCUT2D eigenvalue weighted by molar-refractivity contribution is 5.94. The molecule has 0 radical (unpaired) electrons. The van der Waals surface area contributed by atoms with Gasteiger partial charge in [0.15, 0.2) is 0 Å². The molecule has 0 bridgehead atoms. The average Bonchev–Trinajstić information content (AvgIpc) is 2.74. The van der Waals surface area contributed by atoms with Crippen molar-refractivity contribution < 1.29 is 29.4 Å². The molecule has 0 aliphatic rings. The fourth-order valence-corrected chi connectivity index (χ4v) is 3.00. The van der Waals surface area contributed by atoms with Crippen LogP contribution in [0.15, 0.2) is 0 Å². The molecule has 33 heavy (non-hydrogen) atoms. The molecule has 11 N–H and O–H groups in total. The SMILES string of the molecule is CC(C)C(N)C(=O)NC(CCCCN)C(=O)NC(C(=O)NC(CCCCN)C(=O)O)C(C)O. The molecular formula is C21H42N6O6. The van der Waals surface area contributed by atoms with Crippen LogP contribution in [-0.2, 0) is 19.2 Å². The van der Waals surface area contributed by atoms with Gasteiger partial charge in [0.25, 0.3) is 0 Å². The lowest BCUT2D eigenvalue weighted by molar-refractivity contribution is -0.143. The van der Waals surface area contributed by atoms with Crippen molar-refractivity contribution in [3.63, 3.8) is 0 Å². The van der Waals surface area contributed by atoms with Crippen molar-refractivity contribution in [1.29, 1.82) is 0 Å². The highest BCUT2D eigenvalue weighted by atomic mass is 16.4. The molecule has 3 amide bonds. The van der Waals surface area contributed by atoms with Crippen molar-refractivity contribution in [1.82, 2.24) is 16.0 Å². The molecule has 12 nitrogen and oxygen atoms in total. The van der Waals surface area contributed by atoms with Crippen LogP contribution in [0, 0.1) is 5.92 Å². The number of aliphatic hydroxyl groups is 1. The molecule has 0 saturated carbocycles. The van der Waals surface area contributed by atoms with Crippen LogP contribution in [0.3, 0.4) is 0 Å². The zero-order chi connectivity index (χ0) is 25.6. The van der Waals surface area contributed by atoms with E-state index in [1.54, 1.807) is 13.8 Å². The lowest BCUT2D eigenvalue weighted by Crippen LogP contribution is -2.60. The van der Waals surface area contributed by atoms with Crippen LogP contribution >= 0.6 is 0 Å². The maximum Gasteiger partial charge on any atom is 0.326 e. The number of carboxylic acid groups (broad SMARTS) is 1. The zero-order valence-electron chi connectivity index (χ0n) is 19.9. The van der Waals surface area contributed by atoms with Gasteiger partial charge in [-0.1, -0.05) is 13.8 Å². The van der Waals surface area contributed by atoms with E-state index in [2.05, 4.69) is 16.0 Å². The molecule has 0 aromatic carbocycles. The van der Waals surface area contributed by atoms with E-state index in [9.17, 15) is 29.4 Å². The van der Waals surface area contributed by atoms with Crippen molar-refractivity contribution in [3.8, 4) is 0 Å². The molecule has 0 spiro atoms. The van der Waals surface area contributed by atoms with Gasteiger partial charge in [-0.25, -0.2) is 4.79 Å². The van der Waals surface area contributed by atoms with Crippen LogP contribution in [-0.4, -0.2) is 77.3 Å². The van der Waals surface area contributed by atoms with Crippen molar-refractivity contribution in [3.05, 3.63) is 0 Å². The van der Waals surface area contributed by atoms with Crippen LogP contribution in [0.4, 0.5) is 0 Å². The Hall–Kier alpha value is -2.28. The summed E-state index contributed by atoms with van der Waals surface area (Å²) in [6.07, 6.45) is 1.35. The molecule has 0 saturated heterocycles. The van der Waals surface area contributed by atoms with Gasteiger partial charge < -0.3 is 43.4 Å². The first-order chi connectivity index (χ1) is 15.5. The minimum Gasteiger partial charge on any atom is -0.480 e. The summed E-state index contributed by atoms with van der Waals surface area (Å²) in [6, 6.07) is -4.42.